The van der Waals surface area contributed by atoms with Gasteiger partial charge in [-0.05, 0) is 0 Å². The van der Waals surface area contributed by atoms with Gasteiger partial charge in [0.05, 0.1) is 0 Å². The topological polar surface area (TPSA) is 9.86 Å². The van der Waals surface area contributed by atoms with Crippen LogP contribution in [0, 0.1) is 3.80 Å². The van der Waals surface area contributed by atoms with E-state index < -0.39 is 11.7 Å². The number of hydrogen-bond donors (Lipinski definition) is 0. The number of halogens is 3. The SMILES string of the molecule is Cn1ccn(Cc2ccc(C(F)(F)F)cc2)[c]1=[Pt]. The Morgan fingerprint density at radius 3 is 2.17 bits per heavy atom. The van der Waals surface area contributed by atoms with Gasteiger partial charge in [-0.3, -0.25) is 0 Å². The van der Waals surface area contributed by atoms with Gasteiger partial charge in [-0.2, -0.15) is 0 Å². The summed E-state index contributed by atoms with van der Waals surface area (Å²) in [6.07, 6.45) is -0.459. The molecule has 6 heteroatoms. The Morgan fingerprint density at radius 1 is 1.11 bits per heavy atom. The van der Waals surface area contributed by atoms with Crippen LogP contribution in [0.5, 0.6) is 0 Å². The number of alkyl halides is 3. The zero-order valence-electron chi connectivity index (χ0n) is 9.52. The number of aryl methyl sites for hydroxylation is 1. The molecule has 0 amide bonds. The molecule has 0 aliphatic heterocycles. The molecule has 0 atom stereocenters. The van der Waals surface area contributed by atoms with Crippen molar-refractivity contribution in [3.63, 3.8) is 0 Å². The Morgan fingerprint density at radius 2 is 1.72 bits per heavy atom. The summed E-state index contributed by atoms with van der Waals surface area (Å²) in [6.45, 7) is 0.567. The third-order valence-electron chi connectivity index (χ3n) is 2.59. The Bertz CT molecular complexity index is 593. The molecule has 0 unspecified atom stereocenters. The summed E-state index contributed by atoms with van der Waals surface area (Å²) in [5.41, 5.74) is 0.233. The summed E-state index contributed by atoms with van der Waals surface area (Å²) in [7, 11) is 1.92. The first-order valence-corrected chi connectivity index (χ1v) is 6.35. The van der Waals surface area contributed by atoms with Crippen LogP contribution in [-0.4, -0.2) is 9.13 Å². The predicted molar refractivity (Wildman–Crippen MR) is 57.2 cm³/mol. The third kappa shape index (κ3) is 2.83. The fraction of sp³-hybridized carbons (Fsp3) is 0.250. The van der Waals surface area contributed by atoms with Gasteiger partial charge < -0.3 is 0 Å². The van der Waals surface area contributed by atoms with Gasteiger partial charge in [0.25, 0.3) is 0 Å². The second-order valence-electron chi connectivity index (χ2n) is 3.97. The van der Waals surface area contributed by atoms with Crippen LogP contribution in [0.1, 0.15) is 11.1 Å². The predicted octanol–water partition coefficient (Wildman–Crippen LogP) is 2.97. The average Bonchev–Trinajstić information content (AvgIpc) is 2.61. The van der Waals surface area contributed by atoms with E-state index in [0.717, 1.165) is 21.5 Å². The molecule has 2 rings (SSSR count). The number of imidazole rings is 1. The van der Waals surface area contributed by atoms with Crippen molar-refractivity contribution >= 4 is 0 Å². The van der Waals surface area contributed by atoms with Crippen molar-refractivity contribution in [2.75, 3.05) is 0 Å². The Hall–Kier alpha value is -1.09. The normalized spacial score (nSPS) is 11.9. The van der Waals surface area contributed by atoms with Gasteiger partial charge in [0, 0.05) is 0 Å². The van der Waals surface area contributed by atoms with Crippen molar-refractivity contribution in [1.29, 1.82) is 0 Å². The average molecular weight is 435 g/mol. The molecule has 0 spiro atoms. The van der Waals surface area contributed by atoms with E-state index in [-0.39, 0.29) is 0 Å². The summed E-state index contributed by atoms with van der Waals surface area (Å²) in [4.78, 5) is 0. The molecule has 100 valence electrons. The maximum atomic E-state index is 12.4. The van der Waals surface area contributed by atoms with E-state index >= 15 is 0 Å². The fourth-order valence-corrected chi connectivity index (χ4v) is 2.12. The molecule has 0 fully saturated rings. The van der Waals surface area contributed by atoms with Crippen LogP contribution in [0.3, 0.4) is 0 Å². The standard InChI is InChI=1S/C12H11F3N2.Pt/c1-16-6-7-17(9-16)8-10-2-4-11(5-3-10)12(13,14)15;/h2-7H,8H2,1H3;. The van der Waals surface area contributed by atoms with E-state index in [0.29, 0.717) is 6.54 Å². The summed E-state index contributed by atoms with van der Waals surface area (Å²) < 4.78 is 42.2. The van der Waals surface area contributed by atoms with Crippen LogP contribution in [0.4, 0.5) is 13.2 Å². The van der Waals surface area contributed by atoms with E-state index in [1.165, 1.54) is 12.1 Å². The van der Waals surface area contributed by atoms with Gasteiger partial charge >= 0.3 is 113 Å². The summed E-state index contributed by atoms with van der Waals surface area (Å²) in [5, 5.41) is 0. The first kappa shape index (κ1) is 13.3. The van der Waals surface area contributed by atoms with Crippen LogP contribution in [-0.2, 0) is 39.1 Å². The molecule has 1 aromatic carbocycles. The van der Waals surface area contributed by atoms with Crippen molar-refractivity contribution in [3.8, 4) is 0 Å². The number of rotatable bonds is 2. The molecule has 2 aromatic rings. The summed E-state index contributed by atoms with van der Waals surface area (Å²) >= 11 is 2.18. The molecule has 0 aliphatic carbocycles. The van der Waals surface area contributed by atoms with E-state index in [9.17, 15) is 13.2 Å². The van der Waals surface area contributed by atoms with Gasteiger partial charge in [0.2, 0.25) is 0 Å². The minimum absolute atomic E-state index is 0.567. The van der Waals surface area contributed by atoms with Crippen molar-refractivity contribution < 1.29 is 32.5 Å². The number of nitrogens with zero attached hydrogens (tertiary/aromatic N) is 2. The molecule has 1 aromatic heterocycles. The minimum atomic E-state index is -4.27. The second-order valence-corrected chi connectivity index (χ2v) is 4.99. The molecular weight excluding hydrogens is 424 g/mol. The van der Waals surface area contributed by atoms with Crippen LogP contribution < -0.4 is 0 Å². The first-order valence-electron chi connectivity index (χ1n) is 5.21. The molecule has 2 nitrogen and oxygen atoms in total. The van der Waals surface area contributed by atoms with Crippen molar-refractivity contribution in [1.82, 2.24) is 9.13 Å². The molecule has 0 radical (unpaired) electrons. The first-order chi connectivity index (χ1) is 8.38. The zero-order valence-corrected chi connectivity index (χ0v) is 11.8. The molecule has 0 aliphatic rings. The van der Waals surface area contributed by atoms with Crippen molar-refractivity contribution in [2.24, 2.45) is 7.05 Å². The molecular formula is C12H11F3N2Pt. The summed E-state index contributed by atoms with van der Waals surface area (Å²) in [6, 6.07) is 5.26. The van der Waals surface area contributed by atoms with Gasteiger partial charge in [0.15, 0.2) is 0 Å². The van der Waals surface area contributed by atoms with Crippen molar-refractivity contribution in [2.45, 2.75) is 12.7 Å². The molecule has 18 heavy (non-hydrogen) atoms. The van der Waals surface area contributed by atoms with E-state index in [4.69, 9.17) is 0 Å². The van der Waals surface area contributed by atoms with E-state index in [2.05, 4.69) is 19.4 Å². The Labute approximate surface area is 113 Å². The van der Waals surface area contributed by atoms with Crippen LogP contribution >= 0.6 is 0 Å². The number of hydrogen-bond acceptors (Lipinski definition) is 0. The number of aromatic nitrogens is 2. The molecule has 0 N–H and O–H groups in total. The zero-order chi connectivity index (χ0) is 13.3. The monoisotopic (exact) mass is 435 g/mol. The fourth-order valence-electron chi connectivity index (χ4n) is 1.61. The molecule has 0 saturated heterocycles. The second kappa shape index (κ2) is 4.88. The van der Waals surface area contributed by atoms with E-state index in [1.807, 2.05) is 28.6 Å². The Balaban J connectivity index is 2.21. The molecule has 0 saturated carbocycles. The van der Waals surface area contributed by atoms with E-state index in [1.54, 1.807) is 0 Å². The van der Waals surface area contributed by atoms with Crippen LogP contribution in [0.25, 0.3) is 0 Å². The van der Waals surface area contributed by atoms with Gasteiger partial charge in [-0.15, -0.1) is 0 Å². The third-order valence-corrected chi connectivity index (χ3v) is 4.05. The van der Waals surface area contributed by atoms with Gasteiger partial charge in [0.1, 0.15) is 0 Å². The van der Waals surface area contributed by atoms with Gasteiger partial charge in [-0.1, -0.05) is 0 Å². The maximum absolute atomic E-state index is 12.4. The van der Waals surface area contributed by atoms with Crippen molar-refractivity contribution in [3.05, 3.63) is 51.6 Å². The Kier molecular flexibility index (Phi) is 3.62. The molecule has 0 bridgehead atoms. The van der Waals surface area contributed by atoms with Crippen LogP contribution in [0.15, 0.2) is 36.7 Å². The summed E-state index contributed by atoms with van der Waals surface area (Å²) in [5.74, 6) is 0. The quantitative estimate of drug-likeness (QED) is 0.687. The van der Waals surface area contributed by atoms with Crippen LogP contribution in [0.2, 0.25) is 0 Å². The molecule has 1 heterocycles. The number of benzene rings is 1. The van der Waals surface area contributed by atoms with Gasteiger partial charge in [-0.25, -0.2) is 0 Å².